The highest BCUT2D eigenvalue weighted by molar-refractivity contribution is 5.96. The molecule has 27 heavy (non-hydrogen) atoms. The standard InChI is InChI=1S/C21H23FN2O3/c1-14(2)15-5-8-17(9-6-15)27-13-20(25)23-16-7-10-19(18(22)12-16)24-11-3-4-21(24)26/h5-10,12,14H,3-4,11,13H2,1-2H3,(H,23,25). The molecular weight excluding hydrogens is 347 g/mol. The number of carbonyl (C=O) groups excluding carboxylic acids is 2. The molecule has 2 amide bonds. The van der Waals surface area contributed by atoms with Gasteiger partial charge in [-0.15, -0.1) is 0 Å². The first-order valence-electron chi connectivity index (χ1n) is 9.06. The second-order valence-corrected chi connectivity index (χ2v) is 6.88. The average Bonchev–Trinajstić information content (AvgIpc) is 3.06. The second kappa shape index (κ2) is 8.20. The van der Waals surface area contributed by atoms with E-state index in [4.69, 9.17) is 4.74 Å². The number of nitrogens with zero attached hydrogens (tertiary/aromatic N) is 1. The van der Waals surface area contributed by atoms with E-state index in [1.165, 1.54) is 22.6 Å². The highest BCUT2D eigenvalue weighted by atomic mass is 19.1. The van der Waals surface area contributed by atoms with Crippen molar-refractivity contribution in [3.63, 3.8) is 0 Å². The number of carbonyl (C=O) groups is 2. The van der Waals surface area contributed by atoms with E-state index in [0.717, 1.165) is 6.42 Å². The molecular formula is C21H23FN2O3. The van der Waals surface area contributed by atoms with Gasteiger partial charge in [-0.25, -0.2) is 4.39 Å². The summed E-state index contributed by atoms with van der Waals surface area (Å²) in [5, 5.41) is 2.60. The van der Waals surface area contributed by atoms with Crippen LogP contribution in [0.1, 0.15) is 38.2 Å². The Labute approximate surface area is 158 Å². The molecule has 0 unspecified atom stereocenters. The molecule has 1 heterocycles. The smallest absolute Gasteiger partial charge is 0.262 e. The minimum atomic E-state index is -0.534. The molecule has 1 fully saturated rings. The summed E-state index contributed by atoms with van der Waals surface area (Å²) in [5.41, 5.74) is 1.77. The Balaban J connectivity index is 1.56. The minimum Gasteiger partial charge on any atom is -0.484 e. The van der Waals surface area contributed by atoms with Crippen LogP contribution < -0.4 is 15.0 Å². The zero-order valence-electron chi connectivity index (χ0n) is 15.5. The summed E-state index contributed by atoms with van der Waals surface area (Å²) in [6.07, 6.45) is 1.17. The Morgan fingerprint density at radius 2 is 1.96 bits per heavy atom. The number of halogens is 1. The number of nitrogens with one attached hydrogen (secondary N) is 1. The predicted octanol–water partition coefficient (Wildman–Crippen LogP) is 4.09. The first-order chi connectivity index (χ1) is 12.9. The molecule has 142 valence electrons. The third kappa shape index (κ3) is 4.64. The van der Waals surface area contributed by atoms with E-state index in [1.54, 1.807) is 6.07 Å². The van der Waals surface area contributed by atoms with Gasteiger partial charge in [-0.3, -0.25) is 9.59 Å². The van der Waals surface area contributed by atoms with Gasteiger partial charge in [0.15, 0.2) is 6.61 Å². The second-order valence-electron chi connectivity index (χ2n) is 6.88. The number of amides is 2. The normalized spacial score (nSPS) is 13.9. The summed E-state index contributed by atoms with van der Waals surface area (Å²) in [7, 11) is 0. The van der Waals surface area contributed by atoms with Crippen molar-refractivity contribution in [3.8, 4) is 5.75 Å². The molecule has 0 aromatic heterocycles. The molecule has 2 aromatic carbocycles. The van der Waals surface area contributed by atoms with Gasteiger partial charge in [-0.2, -0.15) is 0 Å². The van der Waals surface area contributed by atoms with Gasteiger partial charge in [-0.1, -0.05) is 26.0 Å². The van der Waals surface area contributed by atoms with Crippen LogP contribution in [0.2, 0.25) is 0 Å². The van der Waals surface area contributed by atoms with Gasteiger partial charge in [0.05, 0.1) is 5.69 Å². The van der Waals surface area contributed by atoms with Crippen LogP contribution in [-0.2, 0) is 9.59 Å². The lowest BCUT2D eigenvalue weighted by Crippen LogP contribution is -2.25. The van der Waals surface area contributed by atoms with Crippen LogP contribution in [0.5, 0.6) is 5.75 Å². The van der Waals surface area contributed by atoms with Crippen LogP contribution in [0.15, 0.2) is 42.5 Å². The summed E-state index contributed by atoms with van der Waals surface area (Å²) in [6.45, 7) is 4.56. The summed E-state index contributed by atoms with van der Waals surface area (Å²) in [5.74, 6) is 0.0304. The molecule has 6 heteroatoms. The molecule has 0 aliphatic carbocycles. The number of rotatable bonds is 6. The molecule has 0 saturated carbocycles. The molecule has 1 saturated heterocycles. The topological polar surface area (TPSA) is 58.6 Å². The molecule has 5 nitrogen and oxygen atoms in total. The lowest BCUT2D eigenvalue weighted by molar-refractivity contribution is -0.118. The molecule has 0 bridgehead atoms. The Bertz CT molecular complexity index is 834. The van der Waals surface area contributed by atoms with Crippen molar-refractivity contribution in [2.75, 3.05) is 23.4 Å². The maximum Gasteiger partial charge on any atom is 0.262 e. The van der Waals surface area contributed by atoms with Crippen LogP contribution >= 0.6 is 0 Å². The molecule has 0 spiro atoms. The van der Waals surface area contributed by atoms with E-state index >= 15 is 0 Å². The van der Waals surface area contributed by atoms with Gasteiger partial charge in [0.25, 0.3) is 5.91 Å². The predicted molar refractivity (Wildman–Crippen MR) is 103 cm³/mol. The summed E-state index contributed by atoms with van der Waals surface area (Å²) < 4.78 is 19.8. The maximum absolute atomic E-state index is 14.3. The Hall–Kier alpha value is -2.89. The number of benzene rings is 2. The van der Waals surface area contributed by atoms with E-state index in [0.29, 0.717) is 30.3 Å². The number of hydrogen-bond acceptors (Lipinski definition) is 3. The Morgan fingerprint density at radius 1 is 1.22 bits per heavy atom. The summed E-state index contributed by atoms with van der Waals surface area (Å²) >= 11 is 0. The van der Waals surface area contributed by atoms with Crippen molar-refractivity contribution < 1.29 is 18.7 Å². The van der Waals surface area contributed by atoms with Crippen molar-refractivity contribution in [2.24, 2.45) is 0 Å². The lowest BCUT2D eigenvalue weighted by Gasteiger charge is -2.17. The van der Waals surface area contributed by atoms with Crippen molar-refractivity contribution in [1.82, 2.24) is 0 Å². The fourth-order valence-corrected chi connectivity index (χ4v) is 3.00. The zero-order valence-corrected chi connectivity index (χ0v) is 15.5. The molecule has 0 radical (unpaired) electrons. The quantitative estimate of drug-likeness (QED) is 0.833. The van der Waals surface area contributed by atoms with Crippen molar-refractivity contribution in [1.29, 1.82) is 0 Å². The molecule has 3 rings (SSSR count). The third-order valence-electron chi connectivity index (χ3n) is 4.51. The molecule has 1 aliphatic heterocycles. The maximum atomic E-state index is 14.3. The first-order valence-corrected chi connectivity index (χ1v) is 9.06. The van der Waals surface area contributed by atoms with Gasteiger partial charge < -0.3 is 15.0 Å². The first kappa shape index (κ1) is 18.9. The van der Waals surface area contributed by atoms with Crippen LogP contribution in [-0.4, -0.2) is 25.0 Å². The van der Waals surface area contributed by atoms with E-state index < -0.39 is 5.82 Å². The van der Waals surface area contributed by atoms with E-state index in [2.05, 4.69) is 19.2 Å². The van der Waals surface area contributed by atoms with Crippen LogP contribution in [0.25, 0.3) is 0 Å². The SMILES string of the molecule is CC(C)c1ccc(OCC(=O)Nc2ccc(N3CCCC3=O)c(F)c2)cc1. The van der Waals surface area contributed by atoms with Crippen molar-refractivity contribution in [2.45, 2.75) is 32.6 Å². The summed E-state index contributed by atoms with van der Waals surface area (Å²) in [6, 6.07) is 11.9. The van der Waals surface area contributed by atoms with Gasteiger partial charge in [-0.05, 0) is 48.2 Å². The number of hydrogen-bond donors (Lipinski definition) is 1. The highest BCUT2D eigenvalue weighted by Gasteiger charge is 2.24. The summed E-state index contributed by atoms with van der Waals surface area (Å²) in [4.78, 5) is 25.2. The minimum absolute atomic E-state index is 0.0810. The molecule has 0 atom stereocenters. The Kier molecular flexibility index (Phi) is 5.74. The molecule has 2 aromatic rings. The van der Waals surface area contributed by atoms with E-state index in [9.17, 15) is 14.0 Å². The van der Waals surface area contributed by atoms with Gasteiger partial charge in [0, 0.05) is 18.7 Å². The van der Waals surface area contributed by atoms with Crippen molar-refractivity contribution >= 4 is 23.2 Å². The van der Waals surface area contributed by atoms with E-state index in [-0.39, 0.29) is 24.1 Å². The van der Waals surface area contributed by atoms with Gasteiger partial charge >= 0.3 is 0 Å². The van der Waals surface area contributed by atoms with Crippen LogP contribution in [0, 0.1) is 5.82 Å². The lowest BCUT2D eigenvalue weighted by atomic mass is 10.0. The average molecular weight is 370 g/mol. The third-order valence-corrected chi connectivity index (χ3v) is 4.51. The van der Waals surface area contributed by atoms with E-state index in [1.807, 2.05) is 24.3 Å². The van der Waals surface area contributed by atoms with Crippen LogP contribution in [0.3, 0.4) is 0 Å². The Morgan fingerprint density at radius 3 is 2.56 bits per heavy atom. The fraction of sp³-hybridized carbons (Fsp3) is 0.333. The van der Waals surface area contributed by atoms with Gasteiger partial charge in [0.1, 0.15) is 11.6 Å². The zero-order chi connectivity index (χ0) is 19.4. The fourth-order valence-electron chi connectivity index (χ4n) is 3.00. The highest BCUT2D eigenvalue weighted by Crippen LogP contribution is 2.27. The van der Waals surface area contributed by atoms with Gasteiger partial charge in [0.2, 0.25) is 5.91 Å². The van der Waals surface area contributed by atoms with Crippen molar-refractivity contribution in [3.05, 3.63) is 53.8 Å². The molecule has 1 aliphatic rings. The number of ether oxygens (including phenoxy) is 1. The largest absolute Gasteiger partial charge is 0.484 e. The monoisotopic (exact) mass is 370 g/mol. The number of anilines is 2. The van der Waals surface area contributed by atoms with Crippen LogP contribution in [0.4, 0.5) is 15.8 Å². The molecule has 1 N–H and O–H groups in total.